The van der Waals surface area contributed by atoms with Gasteiger partial charge in [0.25, 0.3) is 0 Å². The zero-order chi connectivity index (χ0) is 16.9. The van der Waals surface area contributed by atoms with Gasteiger partial charge in [0, 0.05) is 31.2 Å². The number of carbonyl (C=O) groups excluding carboxylic acids is 1. The van der Waals surface area contributed by atoms with Gasteiger partial charge in [0.2, 0.25) is 0 Å². The van der Waals surface area contributed by atoms with Gasteiger partial charge in [0.1, 0.15) is 0 Å². The normalized spacial score (nSPS) is 36.0. The summed E-state index contributed by atoms with van der Waals surface area (Å²) in [5.41, 5.74) is 0. The van der Waals surface area contributed by atoms with Crippen molar-refractivity contribution in [1.82, 2.24) is 15.5 Å². The van der Waals surface area contributed by atoms with Gasteiger partial charge in [-0.05, 0) is 76.8 Å². The first-order valence-electron chi connectivity index (χ1n) is 10.1. The van der Waals surface area contributed by atoms with E-state index in [0.29, 0.717) is 11.8 Å². The van der Waals surface area contributed by atoms with Gasteiger partial charge in [-0.15, -0.1) is 0 Å². The summed E-state index contributed by atoms with van der Waals surface area (Å²) in [6, 6.07) is 0.864. The molecule has 0 radical (unpaired) electrons. The maximum Gasteiger partial charge on any atom is 0.315 e. The van der Waals surface area contributed by atoms with Crippen molar-refractivity contribution in [3.8, 4) is 0 Å². The number of piperidine rings is 1. The third kappa shape index (κ3) is 4.23. The van der Waals surface area contributed by atoms with Crippen LogP contribution in [0.25, 0.3) is 0 Å². The van der Waals surface area contributed by atoms with Crippen molar-refractivity contribution in [3.63, 3.8) is 0 Å². The molecule has 1 saturated heterocycles. The number of nitrogens with zero attached hydrogens (tertiary/aromatic N) is 1. The van der Waals surface area contributed by atoms with Crippen LogP contribution in [0.2, 0.25) is 0 Å². The summed E-state index contributed by atoms with van der Waals surface area (Å²) in [7, 11) is 0. The Bertz CT molecular complexity index is 417. The molecule has 1 heterocycles. The lowest BCUT2D eigenvalue weighted by Crippen LogP contribution is -2.49. The van der Waals surface area contributed by atoms with E-state index in [1.54, 1.807) is 0 Å². The number of urea groups is 1. The number of unbranched alkanes of at least 4 members (excludes halogenated alkanes) is 1. The molecule has 2 bridgehead atoms. The van der Waals surface area contributed by atoms with Crippen molar-refractivity contribution in [2.75, 3.05) is 26.2 Å². The monoisotopic (exact) mass is 337 g/mol. The highest BCUT2D eigenvalue weighted by Gasteiger charge is 2.47. The molecule has 5 unspecified atom stereocenters. The SMILES string of the molecule is CC1CCCCN1CCCCNC(=O)NC1C2CCC(C2)C1CO. The molecule has 3 N–H and O–H groups in total. The Balaban J connectivity index is 1.29. The van der Waals surface area contributed by atoms with Crippen LogP contribution in [0.1, 0.15) is 58.3 Å². The van der Waals surface area contributed by atoms with Crippen LogP contribution in [0.4, 0.5) is 4.79 Å². The number of aliphatic hydroxyl groups excluding tert-OH is 1. The standard InChI is InChI=1S/C19H35N3O2/c1-14-6-2-4-10-22(14)11-5-3-9-20-19(24)21-18-16-8-7-15(12-16)17(18)13-23/h14-18,23H,2-13H2,1H3,(H2,20,21,24). The molecular formula is C19H35N3O2. The molecule has 0 aromatic heterocycles. The molecule has 3 fully saturated rings. The summed E-state index contributed by atoms with van der Waals surface area (Å²) in [4.78, 5) is 14.7. The van der Waals surface area contributed by atoms with Gasteiger partial charge in [-0.25, -0.2) is 4.79 Å². The van der Waals surface area contributed by atoms with Crippen LogP contribution in [0.5, 0.6) is 0 Å². The minimum Gasteiger partial charge on any atom is -0.396 e. The fourth-order valence-corrected chi connectivity index (χ4v) is 5.23. The summed E-state index contributed by atoms with van der Waals surface area (Å²) >= 11 is 0. The number of hydrogen-bond acceptors (Lipinski definition) is 3. The molecule has 3 rings (SSSR count). The van der Waals surface area contributed by atoms with Gasteiger partial charge in [-0.3, -0.25) is 0 Å². The Kier molecular flexibility index (Phi) is 6.39. The molecule has 2 amide bonds. The number of hydrogen-bond donors (Lipinski definition) is 3. The Labute approximate surface area is 146 Å². The number of aliphatic hydroxyl groups is 1. The largest absolute Gasteiger partial charge is 0.396 e. The Morgan fingerprint density at radius 3 is 2.79 bits per heavy atom. The Morgan fingerprint density at radius 2 is 2.00 bits per heavy atom. The lowest BCUT2D eigenvalue weighted by atomic mass is 9.85. The van der Waals surface area contributed by atoms with Crippen LogP contribution in [0.3, 0.4) is 0 Å². The van der Waals surface area contributed by atoms with Crippen LogP contribution >= 0.6 is 0 Å². The van der Waals surface area contributed by atoms with Gasteiger partial charge in [0.15, 0.2) is 0 Å². The summed E-state index contributed by atoms with van der Waals surface area (Å²) in [6.45, 7) is 5.68. The number of likely N-dealkylation sites (tertiary alicyclic amines) is 1. The molecule has 24 heavy (non-hydrogen) atoms. The highest BCUT2D eigenvalue weighted by molar-refractivity contribution is 5.74. The van der Waals surface area contributed by atoms with E-state index in [0.717, 1.165) is 32.0 Å². The maximum absolute atomic E-state index is 12.1. The molecule has 0 aromatic carbocycles. The quantitative estimate of drug-likeness (QED) is 0.625. The molecule has 2 aliphatic carbocycles. The number of carbonyl (C=O) groups is 1. The van der Waals surface area contributed by atoms with Crippen LogP contribution in [-0.4, -0.2) is 54.4 Å². The second-order valence-electron chi connectivity index (χ2n) is 8.19. The van der Waals surface area contributed by atoms with Crippen LogP contribution in [-0.2, 0) is 0 Å². The van der Waals surface area contributed by atoms with Crippen molar-refractivity contribution in [3.05, 3.63) is 0 Å². The molecule has 0 spiro atoms. The van der Waals surface area contributed by atoms with Gasteiger partial charge in [-0.1, -0.05) is 6.42 Å². The van der Waals surface area contributed by atoms with E-state index in [-0.39, 0.29) is 24.6 Å². The highest BCUT2D eigenvalue weighted by atomic mass is 16.3. The molecule has 0 aromatic rings. The Morgan fingerprint density at radius 1 is 1.17 bits per heavy atom. The van der Waals surface area contributed by atoms with Crippen LogP contribution in [0.15, 0.2) is 0 Å². The summed E-state index contributed by atoms with van der Waals surface area (Å²) < 4.78 is 0. The summed E-state index contributed by atoms with van der Waals surface area (Å²) in [6.07, 6.45) is 9.85. The molecule has 5 heteroatoms. The second kappa shape index (κ2) is 8.52. The van der Waals surface area contributed by atoms with Crippen LogP contribution < -0.4 is 10.6 Å². The van der Waals surface area contributed by atoms with E-state index in [9.17, 15) is 9.90 Å². The van der Waals surface area contributed by atoms with E-state index in [1.165, 1.54) is 45.1 Å². The van der Waals surface area contributed by atoms with Crippen molar-refractivity contribution in [2.24, 2.45) is 17.8 Å². The fourth-order valence-electron chi connectivity index (χ4n) is 5.23. The zero-order valence-corrected chi connectivity index (χ0v) is 15.2. The van der Waals surface area contributed by atoms with Crippen molar-refractivity contribution in [1.29, 1.82) is 0 Å². The van der Waals surface area contributed by atoms with Gasteiger partial charge in [-0.2, -0.15) is 0 Å². The first-order valence-corrected chi connectivity index (χ1v) is 10.1. The van der Waals surface area contributed by atoms with Gasteiger partial charge < -0.3 is 20.6 Å². The van der Waals surface area contributed by atoms with E-state index in [1.807, 2.05) is 0 Å². The maximum atomic E-state index is 12.1. The topological polar surface area (TPSA) is 64.6 Å². The molecule has 3 aliphatic rings. The third-order valence-corrected chi connectivity index (χ3v) is 6.70. The second-order valence-corrected chi connectivity index (χ2v) is 8.19. The van der Waals surface area contributed by atoms with E-state index in [4.69, 9.17) is 0 Å². The first kappa shape index (κ1) is 18.0. The predicted molar refractivity (Wildman–Crippen MR) is 95.8 cm³/mol. The zero-order valence-electron chi connectivity index (χ0n) is 15.2. The molecular weight excluding hydrogens is 302 g/mol. The fraction of sp³-hybridized carbons (Fsp3) is 0.947. The lowest BCUT2D eigenvalue weighted by molar-refractivity contribution is 0.144. The average Bonchev–Trinajstić information content (AvgIpc) is 3.17. The van der Waals surface area contributed by atoms with E-state index >= 15 is 0 Å². The third-order valence-electron chi connectivity index (χ3n) is 6.70. The smallest absolute Gasteiger partial charge is 0.315 e. The van der Waals surface area contributed by atoms with Crippen molar-refractivity contribution in [2.45, 2.75) is 70.4 Å². The molecule has 138 valence electrons. The van der Waals surface area contributed by atoms with Crippen molar-refractivity contribution < 1.29 is 9.90 Å². The van der Waals surface area contributed by atoms with Gasteiger partial charge in [0.05, 0.1) is 0 Å². The summed E-state index contributed by atoms with van der Waals surface area (Å²) in [5.74, 6) is 1.48. The molecule has 5 atom stereocenters. The molecule has 5 nitrogen and oxygen atoms in total. The first-order chi connectivity index (χ1) is 11.7. The predicted octanol–water partition coefficient (Wildman–Crippen LogP) is 2.35. The van der Waals surface area contributed by atoms with Gasteiger partial charge >= 0.3 is 6.03 Å². The minimum atomic E-state index is -0.0441. The van der Waals surface area contributed by atoms with E-state index < -0.39 is 0 Å². The number of nitrogens with one attached hydrogen (secondary N) is 2. The minimum absolute atomic E-state index is 0.0441. The summed E-state index contributed by atoms with van der Waals surface area (Å²) in [5, 5.41) is 15.7. The average molecular weight is 338 g/mol. The highest BCUT2D eigenvalue weighted by Crippen LogP contribution is 2.48. The van der Waals surface area contributed by atoms with Crippen LogP contribution in [0, 0.1) is 17.8 Å². The molecule has 1 aliphatic heterocycles. The lowest BCUT2D eigenvalue weighted by Gasteiger charge is -2.33. The Hall–Kier alpha value is -0.810. The number of fused-ring (bicyclic) bond motifs is 2. The van der Waals surface area contributed by atoms with E-state index in [2.05, 4.69) is 22.5 Å². The number of rotatable bonds is 7. The van der Waals surface area contributed by atoms with Crippen molar-refractivity contribution >= 4 is 6.03 Å². The molecule has 2 saturated carbocycles. The number of amides is 2.